The summed E-state index contributed by atoms with van der Waals surface area (Å²) in [5, 5.41) is 12.0. The van der Waals surface area contributed by atoms with Crippen LogP contribution in [0.25, 0.3) is 10.2 Å². The topological polar surface area (TPSA) is 93.3 Å². The van der Waals surface area contributed by atoms with Gasteiger partial charge in [0.2, 0.25) is 0 Å². The van der Waals surface area contributed by atoms with Crippen LogP contribution in [-0.2, 0) is 13.6 Å². The summed E-state index contributed by atoms with van der Waals surface area (Å²) < 4.78 is 2.55. The first-order valence-electron chi connectivity index (χ1n) is 8.11. The van der Waals surface area contributed by atoms with E-state index in [9.17, 15) is 14.4 Å². The highest BCUT2D eigenvalue weighted by atomic mass is 32.1. The summed E-state index contributed by atoms with van der Waals surface area (Å²) in [4.78, 5) is 38.4. The average Bonchev–Trinajstić information content (AvgIpc) is 3.10. The molecule has 0 aliphatic carbocycles. The number of aromatic nitrogens is 2. The van der Waals surface area contributed by atoms with Crippen molar-refractivity contribution >= 4 is 27.5 Å². The molecule has 8 heteroatoms. The molecule has 0 saturated carbocycles. The van der Waals surface area contributed by atoms with Gasteiger partial charge in [0, 0.05) is 13.1 Å². The lowest BCUT2D eigenvalue weighted by Crippen LogP contribution is -2.38. The van der Waals surface area contributed by atoms with Crippen molar-refractivity contribution in [3.05, 3.63) is 67.7 Å². The number of carbonyl (C=O) groups is 1. The van der Waals surface area contributed by atoms with Crippen LogP contribution in [-0.4, -0.2) is 32.8 Å². The maximum absolute atomic E-state index is 12.8. The van der Waals surface area contributed by atoms with Crippen molar-refractivity contribution in [3.8, 4) is 0 Å². The predicted octanol–water partition coefficient (Wildman–Crippen LogP) is 0.921. The van der Waals surface area contributed by atoms with Gasteiger partial charge >= 0.3 is 5.69 Å². The molecule has 0 saturated heterocycles. The molecule has 0 spiro atoms. The molecule has 0 aliphatic rings. The van der Waals surface area contributed by atoms with Gasteiger partial charge in [-0.15, -0.1) is 11.3 Å². The van der Waals surface area contributed by atoms with Gasteiger partial charge in [0.25, 0.3) is 11.5 Å². The van der Waals surface area contributed by atoms with E-state index in [0.717, 1.165) is 16.9 Å². The third kappa shape index (κ3) is 3.33. The number of aryl methyl sites for hydroxylation is 1. The summed E-state index contributed by atoms with van der Waals surface area (Å²) in [6, 6.07) is 10.4. The monoisotopic (exact) mass is 373 g/mol. The first-order valence-corrected chi connectivity index (χ1v) is 8.93. The number of fused-ring (bicyclic) bond motifs is 1. The molecule has 1 atom stereocenters. The Morgan fingerprint density at radius 1 is 1.27 bits per heavy atom. The number of aliphatic hydroxyl groups excluding tert-OH is 1. The average molecular weight is 373 g/mol. The summed E-state index contributed by atoms with van der Waals surface area (Å²) in [5.74, 6) is -0.380. The Kier molecular flexibility index (Phi) is 5.06. The van der Waals surface area contributed by atoms with Crippen LogP contribution in [0, 0.1) is 0 Å². The molecule has 3 aromatic rings. The highest BCUT2D eigenvalue weighted by Crippen LogP contribution is 2.21. The fourth-order valence-electron chi connectivity index (χ4n) is 2.64. The molecule has 136 valence electrons. The number of benzene rings is 1. The lowest BCUT2D eigenvalue weighted by Gasteiger charge is -2.08. The highest BCUT2D eigenvalue weighted by Gasteiger charge is 2.18. The van der Waals surface area contributed by atoms with Crippen LogP contribution >= 0.6 is 11.3 Å². The number of carbonyl (C=O) groups excluding carboxylic acids is 1. The van der Waals surface area contributed by atoms with Crippen molar-refractivity contribution in [2.75, 3.05) is 6.61 Å². The molecular weight excluding hydrogens is 354 g/mol. The first-order chi connectivity index (χ1) is 12.4. The van der Waals surface area contributed by atoms with E-state index in [1.165, 1.54) is 15.2 Å². The Morgan fingerprint density at radius 3 is 2.62 bits per heavy atom. The Bertz CT molecular complexity index is 1070. The van der Waals surface area contributed by atoms with Crippen LogP contribution < -0.4 is 16.6 Å². The lowest BCUT2D eigenvalue weighted by atomic mass is 10.2. The number of nitrogens with one attached hydrogen (secondary N) is 1. The largest absolute Gasteiger partial charge is 0.394 e. The molecule has 7 nitrogen and oxygen atoms in total. The van der Waals surface area contributed by atoms with Gasteiger partial charge in [0.05, 0.1) is 23.4 Å². The van der Waals surface area contributed by atoms with E-state index in [0.29, 0.717) is 15.1 Å². The SMILES string of the molecule is C[C@H](CO)NC(=O)c1cc2c(=O)n(Cc3ccccc3)c(=O)n(C)c2s1. The fraction of sp³-hybridized carbons (Fsp3) is 0.278. The summed E-state index contributed by atoms with van der Waals surface area (Å²) in [7, 11) is 1.58. The van der Waals surface area contributed by atoms with E-state index in [1.54, 1.807) is 14.0 Å². The van der Waals surface area contributed by atoms with Crippen molar-refractivity contribution in [1.29, 1.82) is 0 Å². The van der Waals surface area contributed by atoms with E-state index in [2.05, 4.69) is 5.32 Å². The van der Waals surface area contributed by atoms with Gasteiger partial charge in [-0.1, -0.05) is 30.3 Å². The summed E-state index contributed by atoms with van der Waals surface area (Å²) >= 11 is 1.08. The number of thiophene rings is 1. The minimum Gasteiger partial charge on any atom is -0.394 e. The van der Waals surface area contributed by atoms with Crippen LogP contribution in [0.15, 0.2) is 46.0 Å². The van der Waals surface area contributed by atoms with E-state index in [1.807, 2.05) is 30.3 Å². The van der Waals surface area contributed by atoms with E-state index < -0.39 is 17.3 Å². The van der Waals surface area contributed by atoms with Crippen LogP contribution in [0.1, 0.15) is 22.2 Å². The minimum absolute atomic E-state index is 0.168. The van der Waals surface area contributed by atoms with Crippen molar-refractivity contribution in [2.24, 2.45) is 7.05 Å². The van der Waals surface area contributed by atoms with Gasteiger partial charge in [0.15, 0.2) is 0 Å². The maximum Gasteiger partial charge on any atom is 0.332 e. The van der Waals surface area contributed by atoms with Gasteiger partial charge in [-0.2, -0.15) is 0 Å². The van der Waals surface area contributed by atoms with Crippen LogP contribution in [0.3, 0.4) is 0 Å². The maximum atomic E-state index is 12.8. The normalized spacial score (nSPS) is 12.3. The molecule has 0 fully saturated rings. The Balaban J connectivity index is 2.08. The molecule has 26 heavy (non-hydrogen) atoms. The lowest BCUT2D eigenvalue weighted by molar-refractivity contribution is 0.0926. The van der Waals surface area contributed by atoms with Gasteiger partial charge in [-0.05, 0) is 18.6 Å². The second-order valence-corrected chi connectivity index (χ2v) is 7.14. The van der Waals surface area contributed by atoms with Crippen molar-refractivity contribution in [1.82, 2.24) is 14.5 Å². The second kappa shape index (κ2) is 7.27. The van der Waals surface area contributed by atoms with Crippen LogP contribution in [0.5, 0.6) is 0 Å². The number of amides is 1. The van der Waals surface area contributed by atoms with Crippen molar-refractivity contribution in [3.63, 3.8) is 0 Å². The minimum atomic E-state index is -0.427. The Hall–Kier alpha value is -2.71. The van der Waals surface area contributed by atoms with Crippen LogP contribution in [0.4, 0.5) is 0 Å². The molecule has 2 N–H and O–H groups in total. The Labute approximate surface area is 153 Å². The van der Waals surface area contributed by atoms with E-state index >= 15 is 0 Å². The molecule has 1 aromatic carbocycles. The smallest absolute Gasteiger partial charge is 0.332 e. The quantitative estimate of drug-likeness (QED) is 0.696. The molecular formula is C18H19N3O4S. The third-order valence-electron chi connectivity index (χ3n) is 4.07. The zero-order valence-corrected chi connectivity index (χ0v) is 15.2. The highest BCUT2D eigenvalue weighted by molar-refractivity contribution is 7.20. The fourth-order valence-corrected chi connectivity index (χ4v) is 3.65. The van der Waals surface area contributed by atoms with Crippen LogP contribution in [0.2, 0.25) is 0 Å². The van der Waals surface area contributed by atoms with Gasteiger partial charge in [0.1, 0.15) is 4.83 Å². The van der Waals surface area contributed by atoms with Crippen molar-refractivity contribution in [2.45, 2.75) is 19.5 Å². The number of nitrogens with zero attached hydrogens (tertiary/aromatic N) is 2. The standard InChI is InChI=1S/C18H19N3O4S/c1-11(10-22)19-15(23)14-8-13-16(24)21(9-12-6-4-3-5-7-12)18(25)20(2)17(13)26-14/h3-8,11,22H,9-10H2,1-2H3,(H,19,23)/t11-/m1/s1. The van der Waals surface area contributed by atoms with Gasteiger partial charge in [-0.3, -0.25) is 18.7 Å². The zero-order chi connectivity index (χ0) is 18.8. The molecule has 2 heterocycles. The van der Waals surface area contributed by atoms with E-state index in [-0.39, 0.29) is 19.1 Å². The second-order valence-electron chi connectivity index (χ2n) is 6.11. The number of rotatable bonds is 5. The Morgan fingerprint density at radius 2 is 1.96 bits per heavy atom. The molecule has 0 aliphatic heterocycles. The number of hydrogen-bond donors (Lipinski definition) is 2. The summed E-state index contributed by atoms with van der Waals surface area (Å²) in [6.45, 7) is 1.66. The number of hydrogen-bond acceptors (Lipinski definition) is 5. The van der Waals surface area contributed by atoms with Gasteiger partial charge in [-0.25, -0.2) is 4.79 Å². The third-order valence-corrected chi connectivity index (χ3v) is 5.28. The molecule has 0 unspecified atom stereocenters. The molecule has 0 radical (unpaired) electrons. The number of aliphatic hydroxyl groups is 1. The van der Waals surface area contributed by atoms with Gasteiger partial charge < -0.3 is 10.4 Å². The zero-order valence-electron chi connectivity index (χ0n) is 14.4. The summed E-state index contributed by atoms with van der Waals surface area (Å²) in [5.41, 5.74) is -0.00244. The molecule has 0 bridgehead atoms. The van der Waals surface area contributed by atoms with Crippen molar-refractivity contribution < 1.29 is 9.90 Å². The summed E-state index contributed by atoms with van der Waals surface area (Å²) in [6.07, 6.45) is 0. The molecule has 2 aromatic heterocycles. The predicted molar refractivity (Wildman–Crippen MR) is 101 cm³/mol. The molecule has 3 rings (SSSR count). The van der Waals surface area contributed by atoms with E-state index in [4.69, 9.17) is 5.11 Å². The molecule has 1 amide bonds. The first kappa shape index (κ1) is 18.1.